The number of rotatable bonds is 4. The van der Waals surface area contributed by atoms with Gasteiger partial charge in [-0.05, 0) is 24.3 Å². The molecule has 5 nitrogen and oxygen atoms in total. The number of carbonyl (C=O) groups excluding carboxylic acids is 2. The van der Waals surface area contributed by atoms with Gasteiger partial charge in [-0.25, -0.2) is 0 Å². The van der Waals surface area contributed by atoms with Gasteiger partial charge in [0.1, 0.15) is 0 Å². The minimum atomic E-state index is -0.118. The Balaban J connectivity index is 1.72. The molecule has 1 N–H and O–H groups in total. The molecule has 2 aromatic carbocycles. The first-order valence-corrected chi connectivity index (χ1v) is 8.67. The molecule has 0 unspecified atom stereocenters. The van der Waals surface area contributed by atoms with E-state index >= 15 is 0 Å². The fourth-order valence-electron chi connectivity index (χ4n) is 3.06. The maximum Gasteiger partial charge on any atom is 0.255 e. The van der Waals surface area contributed by atoms with Crippen molar-refractivity contribution in [1.29, 1.82) is 0 Å². The van der Waals surface area contributed by atoms with Gasteiger partial charge in [-0.2, -0.15) is 0 Å². The molecule has 25 heavy (non-hydrogen) atoms. The molecule has 1 aliphatic rings. The monoisotopic (exact) mass is 337 g/mol. The predicted octanol–water partition coefficient (Wildman–Crippen LogP) is 3.00. The Morgan fingerprint density at radius 2 is 1.56 bits per heavy atom. The highest BCUT2D eigenvalue weighted by atomic mass is 16.2. The largest absolute Gasteiger partial charge is 0.366 e. The van der Waals surface area contributed by atoms with Crippen molar-refractivity contribution < 1.29 is 9.59 Å². The lowest BCUT2D eigenvalue weighted by atomic mass is 10.1. The number of hydrogen-bond donors (Lipinski definition) is 1. The van der Waals surface area contributed by atoms with Crippen molar-refractivity contribution >= 4 is 23.2 Å². The van der Waals surface area contributed by atoms with E-state index in [1.165, 1.54) is 0 Å². The molecule has 0 aromatic heterocycles. The standard InChI is InChI=1S/C20H23N3O2/c1-2-19(24)23-14-12-22(13-15-23)18-11-7-6-10-17(18)21-20(25)16-8-4-3-5-9-16/h3-11H,2,12-15H2,1H3,(H,21,25). The van der Waals surface area contributed by atoms with Gasteiger partial charge in [-0.3, -0.25) is 9.59 Å². The number of amides is 2. The molecular weight excluding hydrogens is 314 g/mol. The van der Waals surface area contributed by atoms with Gasteiger partial charge in [0.2, 0.25) is 5.91 Å². The molecule has 2 aromatic rings. The van der Waals surface area contributed by atoms with E-state index in [-0.39, 0.29) is 11.8 Å². The Hall–Kier alpha value is -2.82. The van der Waals surface area contributed by atoms with Crippen molar-refractivity contribution in [3.05, 3.63) is 60.2 Å². The van der Waals surface area contributed by atoms with E-state index in [1.807, 2.05) is 54.3 Å². The summed E-state index contributed by atoms with van der Waals surface area (Å²) in [7, 11) is 0. The fourth-order valence-corrected chi connectivity index (χ4v) is 3.06. The number of anilines is 2. The fraction of sp³-hybridized carbons (Fsp3) is 0.300. The van der Waals surface area contributed by atoms with E-state index in [9.17, 15) is 9.59 Å². The SMILES string of the molecule is CCC(=O)N1CCN(c2ccccc2NC(=O)c2ccccc2)CC1. The summed E-state index contributed by atoms with van der Waals surface area (Å²) in [6.07, 6.45) is 0.545. The molecule has 2 amide bonds. The second-order valence-corrected chi connectivity index (χ2v) is 6.06. The third-order valence-electron chi connectivity index (χ3n) is 4.46. The van der Waals surface area contributed by atoms with Crippen molar-refractivity contribution in [3.8, 4) is 0 Å². The predicted molar refractivity (Wildman–Crippen MR) is 99.9 cm³/mol. The Kier molecular flexibility index (Phi) is 5.33. The molecule has 3 rings (SSSR count). The summed E-state index contributed by atoms with van der Waals surface area (Å²) in [5.41, 5.74) is 2.43. The molecule has 0 saturated carbocycles. The molecule has 1 heterocycles. The number of piperazine rings is 1. The third-order valence-corrected chi connectivity index (χ3v) is 4.46. The quantitative estimate of drug-likeness (QED) is 0.933. The van der Waals surface area contributed by atoms with Gasteiger partial charge in [0, 0.05) is 38.2 Å². The van der Waals surface area contributed by atoms with Gasteiger partial charge in [-0.1, -0.05) is 37.3 Å². The Morgan fingerprint density at radius 3 is 2.24 bits per heavy atom. The van der Waals surface area contributed by atoms with Crippen LogP contribution < -0.4 is 10.2 Å². The van der Waals surface area contributed by atoms with E-state index in [4.69, 9.17) is 0 Å². The zero-order chi connectivity index (χ0) is 17.6. The van der Waals surface area contributed by atoms with Crippen molar-refractivity contribution in [2.24, 2.45) is 0 Å². The van der Waals surface area contributed by atoms with Gasteiger partial charge in [-0.15, -0.1) is 0 Å². The summed E-state index contributed by atoms with van der Waals surface area (Å²) in [4.78, 5) is 28.4. The van der Waals surface area contributed by atoms with Gasteiger partial charge < -0.3 is 15.1 Å². The average molecular weight is 337 g/mol. The van der Waals surface area contributed by atoms with Crippen LogP contribution in [-0.2, 0) is 4.79 Å². The normalized spacial score (nSPS) is 14.3. The van der Waals surface area contributed by atoms with Crippen molar-refractivity contribution in [1.82, 2.24) is 4.90 Å². The number of hydrogen-bond acceptors (Lipinski definition) is 3. The van der Waals surface area contributed by atoms with Crippen LogP contribution in [0.2, 0.25) is 0 Å². The molecule has 130 valence electrons. The number of nitrogens with zero attached hydrogens (tertiary/aromatic N) is 2. The lowest BCUT2D eigenvalue weighted by Gasteiger charge is -2.36. The van der Waals surface area contributed by atoms with Gasteiger partial charge in [0.15, 0.2) is 0 Å². The zero-order valence-corrected chi connectivity index (χ0v) is 14.4. The summed E-state index contributed by atoms with van der Waals surface area (Å²) < 4.78 is 0. The van der Waals surface area contributed by atoms with Crippen LogP contribution in [0.4, 0.5) is 11.4 Å². The van der Waals surface area contributed by atoms with Crippen LogP contribution in [0.25, 0.3) is 0 Å². The first kappa shape index (κ1) is 17.0. The summed E-state index contributed by atoms with van der Waals surface area (Å²) in [6.45, 7) is 4.86. The number of benzene rings is 2. The smallest absolute Gasteiger partial charge is 0.255 e. The first-order chi connectivity index (χ1) is 12.2. The molecule has 0 radical (unpaired) electrons. The summed E-state index contributed by atoms with van der Waals surface area (Å²) in [6, 6.07) is 17.0. The highest BCUT2D eigenvalue weighted by Gasteiger charge is 2.22. The molecule has 1 aliphatic heterocycles. The molecule has 1 saturated heterocycles. The Labute approximate surface area is 148 Å². The average Bonchev–Trinajstić information content (AvgIpc) is 2.68. The lowest BCUT2D eigenvalue weighted by Crippen LogP contribution is -2.48. The van der Waals surface area contributed by atoms with Gasteiger partial charge >= 0.3 is 0 Å². The van der Waals surface area contributed by atoms with Crippen LogP contribution in [0.3, 0.4) is 0 Å². The van der Waals surface area contributed by atoms with E-state index in [0.717, 1.165) is 24.5 Å². The zero-order valence-electron chi connectivity index (χ0n) is 14.4. The summed E-state index contributed by atoms with van der Waals surface area (Å²) in [5, 5.41) is 3.01. The summed E-state index contributed by atoms with van der Waals surface area (Å²) in [5.74, 6) is 0.0816. The molecule has 0 bridgehead atoms. The van der Waals surface area contributed by atoms with Crippen molar-refractivity contribution in [3.63, 3.8) is 0 Å². The minimum Gasteiger partial charge on any atom is -0.366 e. The highest BCUT2D eigenvalue weighted by Crippen LogP contribution is 2.27. The number of nitrogens with one attached hydrogen (secondary N) is 1. The van der Waals surface area contributed by atoms with Crippen molar-refractivity contribution in [2.75, 3.05) is 36.4 Å². The Morgan fingerprint density at radius 1 is 0.920 bits per heavy atom. The van der Waals surface area contributed by atoms with E-state index in [0.29, 0.717) is 25.1 Å². The second-order valence-electron chi connectivity index (χ2n) is 6.06. The molecule has 0 atom stereocenters. The third kappa shape index (κ3) is 3.99. The van der Waals surface area contributed by atoms with Gasteiger partial charge in [0.25, 0.3) is 5.91 Å². The van der Waals surface area contributed by atoms with Crippen LogP contribution in [0.5, 0.6) is 0 Å². The van der Waals surface area contributed by atoms with Crippen LogP contribution in [0.15, 0.2) is 54.6 Å². The second kappa shape index (κ2) is 7.83. The molecule has 5 heteroatoms. The van der Waals surface area contributed by atoms with Crippen LogP contribution >= 0.6 is 0 Å². The van der Waals surface area contributed by atoms with E-state index in [2.05, 4.69) is 10.2 Å². The summed E-state index contributed by atoms with van der Waals surface area (Å²) >= 11 is 0. The van der Waals surface area contributed by atoms with E-state index in [1.54, 1.807) is 12.1 Å². The maximum absolute atomic E-state index is 12.4. The highest BCUT2D eigenvalue weighted by molar-refractivity contribution is 6.05. The van der Waals surface area contributed by atoms with Crippen LogP contribution in [0, 0.1) is 0 Å². The molecule has 1 fully saturated rings. The topological polar surface area (TPSA) is 52.7 Å². The van der Waals surface area contributed by atoms with E-state index < -0.39 is 0 Å². The number of carbonyl (C=O) groups is 2. The lowest BCUT2D eigenvalue weighted by molar-refractivity contribution is -0.131. The molecular formula is C20H23N3O2. The minimum absolute atomic E-state index is 0.118. The Bertz CT molecular complexity index is 738. The van der Waals surface area contributed by atoms with Crippen molar-refractivity contribution in [2.45, 2.75) is 13.3 Å². The molecule has 0 spiro atoms. The van der Waals surface area contributed by atoms with Crippen LogP contribution in [-0.4, -0.2) is 42.9 Å². The van der Waals surface area contributed by atoms with Crippen LogP contribution in [0.1, 0.15) is 23.7 Å². The first-order valence-electron chi connectivity index (χ1n) is 8.67. The molecule has 0 aliphatic carbocycles. The maximum atomic E-state index is 12.4. The van der Waals surface area contributed by atoms with Gasteiger partial charge in [0.05, 0.1) is 11.4 Å². The number of para-hydroxylation sites is 2.